The third-order valence-corrected chi connectivity index (χ3v) is 5.32. The predicted octanol–water partition coefficient (Wildman–Crippen LogP) is 1.39. The molecule has 2 aromatic rings. The van der Waals surface area contributed by atoms with Gasteiger partial charge in [-0.15, -0.1) is 5.10 Å². The van der Waals surface area contributed by atoms with E-state index < -0.39 is 24.9 Å². The van der Waals surface area contributed by atoms with Gasteiger partial charge in [0.1, 0.15) is 0 Å². The Morgan fingerprint density at radius 3 is 2.76 bits per heavy atom. The van der Waals surface area contributed by atoms with Crippen molar-refractivity contribution in [2.45, 2.75) is 44.2 Å². The number of rotatable bonds is 5. The number of aromatic nitrogens is 4. The van der Waals surface area contributed by atoms with Gasteiger partial charge in [-0.25, -0.2) is 13.5 Å². The topological polar surface area (TPSA) is 84.2 Å². The lowest BCUT2D eigenvalue weighted by molar-refractivity contribution is -0.132. The van der Waals surface area contributed by atoms with Crippen LogP contribution in [0.4, 0.5) is 8.78 Å². The molecule has 2 amide bonds. The zero-order valence-corrected chi connectivity index (χ0v) is 15.9. The molecule has 2 aliphatic heterocycles. The lowest BCUT2D eigenvalue weighted by atomic mass is 10.1. The van der Waals surface area contributed by atoms with Crippen LogP contribution in [0.25, 0.3) is 0 Å². The number of pyridine rings is 1. The van der Waals surface area contributed by atoms with Crippen molar-refractivity contribution in [3.8, 4) is 0 Å². The summed E-state index contributed by atoms with van der Waals surface area (Å²) in [5, 5.41) is 7.82. The van der Waals surface area contributed by atoms with E-state index in [9.17, 15) is 18.4 Å². The summed E-state index contributed by atoms with van der Waals surface area (Å²) in [5.41, 5.74) is 0.871. The quantitative estimate of drug-likeness (QED) is 0.752. The van der Waals surface area contributed by atoms with Crippen LogP contribution in [-0.4, -0.2) is 73.2 Å². The maximum Gasteiger partial charge on any atom is 0.276 e. The first-order chi connectivity index (χ1) is 13.9. The van der Waals surface area contributed by atoms with Crippen LogP contribution in [0, 0.1) is 0 Å². The van der Waals surface area contributed by atoms with Crippen LogP contribution < -0.4 is 0 Å². The lowest BCUT2D eigenvalue weighted by Crippen LogP contribution is -2.39. The molecule has 0 spiro atoms. The average Bonchev–Trinajstić information content (AvgIpc) is 3.42. The number of hydrogen-bond donors (Lipinski definition) is 0. The molecule has 0 saturated carbocycles. The Morgan fingerprint density at radius 2 is 2.03 bits per heavy atom. The smallest absolute Gasteiger partial charge is 0.276 e. The minimum Gasteiger partial charge on any atom is -0.337 e. The highest BCUT2D eigenvalue weighted by atomic mass is 19.3. The van der Waals surface area contributed by atoms with Crippen molar-refractivity contribution in [3.05, 3.63) is 42.0 Å². The van der Waals surface area contributed by atoms with E-state index in [0.717, 1.165) is 12.8 Å². The van der Waals surface area contributed by atoms with Gasteiger partial charge in [-0.05, 0) is 24.5 Å². The lowest BCUT2D eigenvalue weighted by Gasteiger charge is -2.23. The summed E-state index contributed by atoms with van der Waals surface area (Å²) in [7, 11) is 0. The number of alkyl halides is 2. The first-order valence-electron chi connectivity index (χ1n) is 9.67. The van der Waals surface area contributed by atoms with E-state index in [1.165, 1.54) is 15.8 Å². The van der Waals surface area contributed by atoms with Crippen molar-refractivity contribution < 1.29 is 18.4 Å². The van der Waals surface area contributed by atoms with Gasteiger partial charge in [0.25, 0.3) is 11.8 Å². The normalized spacial score (nSPS) is 21.0. The Kier molecular flexibility index (Phi) is 5.25. The number of likely N-dealkylation sites (tertiary alicyclic amines) is 2. The van der Waals surface area contributed by atoms with E-state index in [0.29, 0.717) is 18.7 Å². The zero-order valence-electron chi connectivity index (χ0n) is 15.9. The Balaban J connectivity index is 1.44. The van der Waals surface area contributed by atoms with Crippen molar-refractivity contribution in [1.82, 2.24) is 29.8 Å². The van der Waals surface area contributed by atoms with Crippen LogP contribution in [0.2, 0.25) is 0 Å². The maximum absolute atomic E-state index is 14.1. The maximum atomic E-state index is 14.1. The molecular weight excluding hydrogens is 382 g/mol. The van der Waals surface area contributed by atoms with E-state index in [-0.39, 0.29) is 30.5 Å². The summed E-state index contributed by atoms with van der Waals surface area (Å²) in [6.07, 6.45) is 6.11. The number of hydrogen-bond acceptors (Lipinski definition) is 5. The molecule has 2 aliphatic rings. The zero-order chi connectivity index (χ0) is 20.4. The second kappa shape index (κ2) is 7.84. The fourth-order valence-electron chi connectivity index (χ4n) is 3.92. The summed E-state index contributed by atoms with van der Waals surface area (Å²) in [5.74, 6) is -3.53. The van der Waals surface area contributed by atoms with E-state index in [1.54, 1.807) is 29.4 Å². The van der Waals surface area contributed by atoms with E-state index in [1.807, 2.05) is 0 Å². The summed E-state index contributed by atoms with van der Waals surface area (Å²) in [6, 6.07) is 2.72. The molecule has 8 nitrogen and oxygen atoms in total. The molecule has 0 radical (unpaired) electrons. The summed E-state index contributed by atoms with van der Waals surface area (Å²) in [6.45, 7) is 0.827. The van der Waals surface area contributed by atoms with Crippen molar-refractivity contribution in [3.63, 3.8) is 0 Å². The van der Waals surface area contributed by atoms with Crippen LogP contribution in [0.1, 0.15) is 35.3 Å². The number of nitrogens with zero attached hydrogens (tertiary/aromatic N) is 6. The molecule has 29 heavy (non-hydrogen) atoms. The SMILES string of the molecule is O=C(c1cn(C[C@@H]2CC(F)(F)CN2C(=O)Cc2cccnc2)nn1)N1CCCC1. The number of carbonyl (C=O) groups is 2. The highest BCUT2D eigenvalue weighted by molar-refractivity contribution is 5.92. The predicted molar refractivity (Wildman–Crippen MR) is 98.2 cm³/mol. The van der Waals surface area contributed by atoms with Crippen LogP contribution in [0.3, 0.4) is 0 Å². The molecule has 0 unspecified atom stereocenters. The highest BCUT2D eigenvalue weighted by Gasteiger charge is 2.47. The van der Waals surface area contributed by atoms with Gasteiger partial charge in [0.15, 0.2) is 5.69 Å². The third kappa shape index (κ3) is 4.41. The van der Waals surface area contributed by atoms with E-state index in [4.69, 9.17) is 0 Å². The van der Waals surface area contributed by atoms with Crippen LogP contribution in [-0.2, 0) is 17.8 Å². The van der Waals surface area contributed by atoms with Gasteiger partial charge in [-0.2, -0.15) is 0 Å². The molecule has 2 aromatic heterocycles. The van der Waals surface area contributed by atoms with Gasteiger partial charge in [-0.1, -0.05) is 11.3 Å². The Morgan fingerprint density at radius 1 is 1.24 bits per heavy atom. The fourth-order valence-corrected chi connectivity index (χ4v) is 3.92. The molecule has 2 fully saturated rings. The summed E-state index contributed by atoms with van der Waals surface area (Å²) >= 11 is 0. The molecule has 0 bridgehead atoms. The first-order valence-corrected chi connectivity index (χ1v) is 9.67. The van der Waals surface area contributed by atoms with Crippen molar-refractivity contribution in [2.24, 2.45) is 0 Å². The molecule has 0 aromatic carbocycles. The second-order valence-electron chi connectivity index (χ2n) is 7.60. The van der Waals surface area contributed by atoms with Gasteiger partial charge in [-0.3, -0.25) is 14.6 Å². The number of halogens is 2. The largest absolute Gasteiger partial charge is 0.337 e. The molecule has 0 N–H and O–H groups in total. The number of amides is 2. The minimum absolute atomic E-state index is 0.0104. The van der Waals surface area contributed by atoms with Crippen LogP contribution >= 0.6 is 0 Å². The van der Waals surface area contributed by atoms with E-state index >= 15 is 0 Å². The highest BCUT2D eigenvalue weighted by Crippen LogP contribution is 2.33. The molecule has 2 saturated heterocycles. The summed E-state index contributed by atoms with van der Waals surface area (Å²) < 4.78 is 29.5. The standard InChI is InChI=1S/C19H22F2N6O2/c20-19(21)9-15(27(13-19)17(28)8-14-4-3-5-22-10-14)11-26-12-16(23-24-26)18(29)25-6-1-2-7-25/h3-5,10,12,15H,1-2,6-9,11,13H2/t15-/m0/s1. The van der Waals surface area contributed by atoms with Gasteiger partial charge in [0.05, 0.1) is 31.7 Å². The van der Waals surface area contributed by atoms with Gasteiger partial charge < -0.3 is 9.80 Å². The molecular formula is C19H22F2N6O2. The molecule has 4 rings (SSSR count). The second-order valence-corrected chi connectivity index (χ2v) is 7.60. The first kappa shape index (κ1) is 19.4. The summed E-state index contributed by atoms with van der Waals surface area (Å²) in [4.78, 5) is 31.9. The molecule has 10 heteroatoms. The van der Waals surface area contributed by atoms with Crippen molar-refractivity contribution in [1.29, 1.82) is 0 Å². The third-order valence-electron chi connectivity index (χ3n) is 5.32. The van der Waals surface area contributed by atoms with Gasteiger partial charge in [0, 0.05) is 31.9 Å². The molecule has 4 heterocycles. The average molecular weight is 404 g/mol. The minimum atomic E-state index is -2.95. The molecule has 0 aliphatic carbocycles. The monoisotopic (exact) mass is 404 g/mol. The number of carbonyl (C=O) groups excluding carboxylic acids is 2. The van der Waals surface area contributed by atoms with E-state index in [2.05, 4.69) is 15.3 Å². The fraction of sp³-hybridized carbons (Fsp3) is 0.526. The van der Waals surface area contributed by atoms with Gasteiger partial charge >= 0.3 is 0 Å². The Labute approximate surface area is 166 Å². The van der Waals surface area contributed by atoms with Crippen LogP contribution in [0.5, 0.6) is 0 Å². The van der Waals surface area contributed by atoms with Crippen molar-refractivity contribution >= 4 is 11.8 Å². The van der Waals surface area contributed by atoms with Crippen molar-refractivity contribution in [2.75, 3.05) is 19.6 Å². The van der Waals surface area contributed by atoms with Gasteiger partial charge in [0.2, 0.25) is 5.91 Å². The van der Waals surface area contributed by atoms with Crippen LogP contribution in [0.15, 0.2) is 30.7 Å². The Bertz CT molecular complexity index is 882. The molecule has 1 atom stereocenters. The Hall–Kier alpha value is -2.91. The molecule has 154 valence electrons.